The van der Waals surface area contributed by atoms with Crippen molar-refractivity contribution in [3.8, 4) is 0 Å². The lowest BCUT2D eigenvalue weighted by Crippen LogP contribution is -3.19. The predicted octanol–water partition coefficient (Wildman–Crippen LogP) is -0.438. The van der Waals surface area contributed by atoms with Gasteiger partial charge in [0.2, 0.25) is 0 Å². The van der Waals surface area contributed by atoms with E-state index in [0.717, 1.165) is 16.2 Å². The van der Waals surface area contributed by atoms with E-state index in [4.69, 9.17) is 11.6 Å². The fourth-order valence-corrected chi connectivity index (χ4v) is 5.53. The van der Waals surface area contributed by atoms with Crippen molar-refractivity contribution in [2.24, 2.45) is 0 Å². The summed E-state index contributed by atoms with van der Waals surface area (Å²) in [6.45, 7) is 3.21. The fraction of sp³-hybridized carbons (Fsp3) is 0.538. The minimum Gasteiger partial charge on any atom is -0.453 e. The zero-order valence-corrected chi connectivity index (χ0v) is 15.6. The third-order valence-electron chi connectivity index (χ3n) is 3.92. The molecule has 2 amide bonds. The molecule has 0 aromatic carbocycles. The first-order valence-corrected chi connectivity index (χ1v) is 9.88. The first kappa shape index (κ1) is 19.1. The van der Waals surface area contributed by atoms with Gasteiger partial charge in [0, 0.05) is 0 Å². The number of nitrogens with zero attached hydrogens (tertiary/aromatic N) is 1. The Morgan fingerprint density at radius 3 is 2.50 bits per heavy atom. The van der Waals surface area contributed by atoms with E-state index in [9.17, 15) is 18.0 Å². The number of methoxy groups -OCH3 is 1. The summed E-state index contributed by atoms with van der Waals surface area (Å²) in [5.41, 5.74) is 0. The number of carbonyl (C=O) groups is 2. The molecule has 1 aliphatic rings. The second-order valence-electron chi connectivity index (χ2n) is 5.32. The molecule has 1 atom stereocenters. The van der Waals surface area contributed by atoms with Crippen molar-refractivity contribution < 1.29 is 27.6 Å². The van der Waals surface area contributed by atoms with Gasteiger partial charge < -0.3 is 9.64 Å². The van der Waals surface area contributed by atoms with Gasteiger partial charge in [-0.1, -0.05) is 11.6 Å². The number of carbonyl (C=O) groups excluding carboxylic acids is 2. The minimum atomic E-state index is -3.55. The van der Waals surface area contributed by atoms with Crippen LogP contribution in [0.25, 0.3) is 0 Å². The van der Waals surface area contributed by atoms with Crippen LogP contribution in [0.4, 0.5) is 4.79 Å². The first-order valence-electron chi connectivity index (χ1n) is 7.24. The van der Waals surface area contributed by atoms with Gasteiger partial charge in [0.1, 0.15) is 4.21 Å². The number of ether oxygens (including phenoxy) is 1. The van der Waals surface area contributed by atoms with Crippen LogP contribution in [-0.2, 0) is 19.6 Å². The molecule has 0 spiro atoms. The third kappa shape index (κ3) is 4.25. The maximum atomic E-state index is 12.5. The van der Waals surface area contributed by atoms with E-state index < -0.39 is 28.1 Å². The summed E-state index contributed by atoms with van der Waals surface area (Å²) in [7, 11) is -2.37. The van der Waals surface area contributed by atoms with Crippen molar-refractivity contribution in [1.29, 1.82) is 0 Å². The van der Waals surface area contributed by atoms with Crippen LogP contribution in [0, 0.1) is 0 Å². The molecule has 8 nitrogen and oxygen atoms in total. The van der Waals surface area contributed by atoms with Crippen LogP contribution < -0.4 is 10.2 Å². The topological polar surface area (TPSA) is 97.2 Å². The molecule has 0 saturated carbocycles. The van der Waals surface area contributed by atoms with Crippen molar-refractivity contribution in [2.45, 2.75) is 17.2 Å². The van der Waals surface area contributed by atoms with Crippen molar-refractivity contribution in [2.75, 3.05) is 33.3 Å². The molecule has 11 heteroatoms. The van der Waals surface area contributed by atoms with E-state index in [1.807, 2.05) is 0 Å². The Kier molecular flexibility index (Phi) is 6.21. The Balaban J connectivity index is 1.96. The van der Waals surface area contributed by atoms with Crippen LogP contribution in [0.5, 0.6) is 0 Å². The highest BCUT2D eigenvalue weighted by molar-refractivity contribution is 7.91. The molecule has 24 heavy (non-hydrogen) atoms. The van der Waals surface area contributed by atoms with Gasteiger partial charge in [-0.3, -0.25) is 10.1 Å². The van der Waals surface area contributed by atoms with Crippen molar-refractivity contribution >= 4 is 45.0 Å². The number of amides is 2. The van der Waals surface area contributed by atoms with E-state index in [0.29, 0.717) is 30.5 Å². The number of rotatable bonds is 4. The van der Waals surface area contributed by atoms with Crippen molar-refractivity contribution in [3.05, 3.63) is 16.5 Å². The fourth-order valence-electron chi connectivity index (χ4n) is 2.46. The van der Waals surface area contributed by atoms with E-state index in [1.54, 1.807) is 13.0 Å². The highest BCUT2D eigenvalue weighted by Crippen LogP contribution is 2.27. The highest BCUT2D eigenvalue weighted by atomic mass is 35.5. The largest absolute Gasteiger partial charge is 0.453 e. The van der Waals surface area contributed by atoms with Gasteiger partial charge in [0.05, 0.1) is 37.6 Å². The Morgan fingerprint density at radius 1 is 1.38 bits per heavy atom. The number of hydrogen-bond donors (Lipinski definition) is 2. The van der Waals surface area contributed by atoms with Crippen LogP contribution >= 0.6 is 22.9 Å². The van der Waals surface area contributed by atoms with Crippen LogP contribution in [0.1, 0.15) is 6.92 Å². The Hall–Kier alpha value is -1.20. The zero-order valence-electron chi connectivity index (χ0n) is 13.2. The van der Waals surface area contributed by atoms with Crippen molar-refractivity contribution in [1.82, 2.24) is 9.62 Å². The number of alkyl carbamates (subject to hydrolysis) is 1. The van der Waals surface area contributed by atoms with Gasteiger partial charge in [0.15, 0.2) is 6.04 Å². The standard InChI is InChI=1S/C13H18ClN3O5S2/c1-9(12(18)15-13(19)22-2)16-5-7-17(8-6-16)24(20,21)11-4-3-10(14)23-11/h3-4,9H,5-8H2,1-2H3,(H,15,18,19)/p+1/t9-/m1/s1. The quantitative estimate of drug-likeness (QED) is 0.719. The van der Waals surface area contributed by atoms with Crippen LogP contribution in [0.3, 0.4) is 0 Å². The summed E-state index contributed by atoms with van der Waals surface area (Å²) in [5, 5.41) is 2.13. The monoisotopic (exact) mass is 396 g/mol. The lowest BCUT2D eigenvalue weighted by molar-refractivity contribution is -0.917. The van der Waals surface area contributed by atoms with Gasteiger partial charge in [-0.25, -0.2) is 13.2 Å². The SMILES string of the molecule is COC(=O)NC(=O)[C@@H](C)[NH+]1CCN(S(=O)(=O)c2ccc(Cl)s2)CC1. The van der Waals surface area contributed by atoms with Crippen LogP contribution in [-0.4, -0.2) is 64.1 Å². The third-order valence-corrected chi connectivity index (χ3v) is 7.52. The lowest BCUT2D eigenvalue weighted by atomic mass is 10.2. The molecule has 1 aromatic heterocycles. The van der Waals surface area contributed by atoms with Gasteiger partial charge in [0.25, 0.3) is 15.9 Å². The first-order chi connectivity index (χ1) is 11.3. The number of hydrogen-bond acceptors (Lipinski definition) is 6. The molecule has 2 rings (SSSR count). The van der Waals surface area contributed by atoms with Crippen LogP contribution in [0.15, 0.2) is 16.3 Å². The number of quaternary nitrogens is 1. The number of halogens is 1. The smallest absolute Gasteiger partial charge is 0.413 e. The summed E-state index contributed by atoms with van der Waals surface area (Å²) < 4.78 is 31.5. The van der Waals surface area contributed by atoms with Gasteiger partial charge in [-0.2, -0.15) is 4.31 Å². The number of thiophene rings is 1. The Labute approximate surface area is 149 Å². The van der Waals surface area contributed by atoms with E-state index in [1.165, 1.54) is 17.5 Å². The van der Waals surface area contributed by atoms with Gasteiger partial charge in [-0.15, -0.1) is 11.3 Å². The average molecular weight is 397 g/mol. The summed E-state index contributed by atoms with van der Waals surface area (Å²) >= 11 is 6.83. The van der Waals surface area contributed by atoms with Crippen LogP contribution in [0.2, 0.25) is 4.34 Å². The Bertz CT molecular complexity index is 713. The van der Waals surface area contributed by atoms with E-state index in [2.05, 4.69) is 10.1 Å². The Morgan fingerprint density at radius 2 is 2.00 bits per heavy atom. The molecular weight excluding hydrogens is 378 g/mol. The normalized spacial score (nSPS) is 18.1. The molecule has 0 aliphatic carbocycles. The second kappa shape index (κ2) is 7.79. The summed E-state index contributed by atoms with van der Waals surface area (Å²) in [4.78, 5) is 23.9. The molecule has 2 N–H and O–H groups in total. The van der Waals surface area contributed by atoms with Gasteiger partial charge >= 0.3 is 6.09 Å². The van der Waals surface area contributed by atoms with Crippen molar-refractivity contribution in [3.63, 3.8) is 0 Å². The van der Waals surface area contributed by atoms with E-state index in [-0.39, 0.29) is 4.21 Å². The summed E-state index contributed by atoms with van der Waals surface area (Å²) in [5.74, 6) is -0.446. The summed E-state index contributed by atoms with van der Waals surface area (Å²) in [6, 6.07) is 2.57. The number of piperazine rings is 1. The molecule has 1 saturated heterocycles. The highest BCUT2D eigenvalue weighted by Gasteiger charge is 2.35. The molecule has 1 fully saturated rings. The average Bonchev–Trinajstić information content (AvgIpc) is 3.01. The molecule has 0 unspecified atom stereocenters. The molecule has 1 aromatic rings. The number of imide groups is 1. The number of nitrogens with one attached hydrogen (secondary N) is 2. The predicted molar refractivity (Wildman–Crippen MR) is 88.8 cm³/mol. The molecule has 2 heterocycles. The zero-order chi connectivity index (χ0) is 17.9. The van der Waals surface area contributed by atoms with Gasteiger partial charge in [-0.05, 0) is 19.1 Å². The molecular formula is C13H19ClN3O5S2+. The minimum absolute atomic E-state index is 0.215. The number of sulfonamides is 1. The maximum Gasteiger partial charge on any atom is 0.413 e. The van der Waals surface area contributed by atoms with E-state index >= 15 is 0 Å². The maximum absolute atomic E-state index is 12.5. The molecule has 0 radical (unpaired) electrons. The molecule has 134 valence electrons. The molecule has 1 aliphatic heterocycles. The summed E-state index contributed by atoms with van der Waals surface area (Å²) in [6.07, 6.45) is -0.804. The second-order valence-corrected chi connectivity index (χ2v) is 9.20. The lowest BCUT2D eigenvalue weighted by Gasteiger charge is -2.33. The molecule has 0 bridgehead atoms.